The Bertz CT molecular complexity index is 731. The molecule has 0 saturated heterocycles. The zero-order valence-electron chi connectivity index (χ0n) is 13.3. The van der Waals surface area contributed by atoms with E-state index in [2.05, 4.69) is 18.7 Å². The van der Waals surface area contributed by atoms with Gasteiger partial charge in [-0.2, -0.15) is 0 Å². The molecule has 1 aliphatic rings. The SMILES string of the molecule is CCN1CCc2c(cc(CN)c(=O)n2-c2ccc(C)cc2)C1. The Morgan fingerprint density at radius 3 is 2.59 bits per heavy atom. The Labute approximate surface area is 131 Å². The van der Waals surface area contributed by atoms with Crippen LogP contribution in [0.3, 0.4) is 0 Å². The van der Waals surface area contributed by atoms with Crippen molar-refractivity contribution in [2.45, 2.75) is 33.4 Å². The summed E-state index contributed by atoms with van der Waals surface area (Å²) in [6, 6.07) is 10.1. The molecule has 0 atom stereocenters. The van der Waals surface area contributed by atoms with Gasteiger partial charge in [-0.25, -0.2) is 0 Å². The van der Waals surface area contributed by atoms with E-state index in [1.54, 1.807) is 0 Å². The van der Waals surface area contributed by atoms with Crippen LogP contribution >= 0.6 is 0 Å². The molecule has 0 spiro atoms. The second kappa shape index (κ2) is 6.07. The lowest BCUT2D eigenvalue weighted by Crippen LogP contribution is -2.36. The second-order valence-electron chi connectivity index (χ2n) is 5.94. The van der Waals surface area contributed by atoms with E-state index >= 15 is 0 Å². The predicted molar refractivity (Wildman–Crippen MR) is 89.3 cm³/mol. The van der Waals surface area contributed by atoms with E-state index in [-0.39, 0.29) is 12.1 Å². The van der Waals surface area contributed by atoms with Crippen molar-refractivity contribution in [1.82, 2.24) is 9.47 Å². The first-order valence-corrected chi connectivity index (χ1v) is 7.90. The van der Waals surface area contributed by atoms with Gasteiger partial charge in [0.1, 0.15) is 0 Å². The van der Waals surface area contributed by atoms with E-state index in [1.807, 2.05) is 34.9 Å². The molecule has 0 aliphatic carbocycles. The summed E-state index contributed by atoms with van der Waals surface area (Å²) in [4.78, 5) is 15.2. The summed E-state index contributed by atoms with van der Waals surface area (Å²) in [5, 5.41) is 0. The Hall–Kier alpha value is -1.91. The van der Waals surface area contributed by atoms with Gasteiger partial charge in [0.2, 0.25) is 0 Å². The molecule has 0 radical (unpaired) electrons. The van der Waals surface area contributed by atoms with Crippen LogP contribution < -0.4 is 11.3 Å². The summed E-state index contributed by atoms with van der Waals surface area (Å²) < 4.78 is 1.87. The van der Waals surface area contributed by atoms with Gasteiger partial charge in [-0.3, -0.25) is 14.3 Å². The number of aromatic nitrogens is 1. The molecule has 0 bridgehead atoms. The second-order valence-corrected chi connectivity index (χ2v) is 5.94. The fourth-order valence-electron chi connectivity index (χ4n) is 3.14. The average molecular weight is 297 g/mol. The summed E-state index contributed by atoms with van der Waals surface area (Å²) >= 11 is 0. The maximum Gasteiger partial charge on any atom is 0.259 e. The minimum atomic E-state index is 0.0232. The fourth-order valence-corrected chi connectivity index (χ4v) is 3.14. The molecule has 1 aromatic carbocycles. The van der Waals surface area contributed by atoms with E-state index in [1.165, 1.54) is 11.1 Å². The largest absolute Gasteiger partial charge is 0.326 e. The van der Waals surface area contributed by atoms with Gasteiger partial charge in [-0.1, -0.05) is 24.6 Å². The summed E-state index contributed by atoms with van der Waals surface area (Å²) in [6.07, 6.45) is 0.900. The highest BCUT2D eigenvalue weighted by molar-refractivity contribution is 5.41. The van der Waals surface area contributed by atoms with Crippen LogP contribution in [0.2, 0.25) is 0 Å². The average Bonchev–Trinajstić information content (AvgIpc) is 2.55. The van der Waals surface area contributed by atoms with Crippen molar-refractivity contribution in [3.63, 3.8) is 0 Å². The molecule has 0 saturated carbocycles. The Balaban J connectivity index is 2.20. The van der Waals surface area contributed by atoms with Crippen LogP contribution in [0.5, 0.6) is 0 Å². The van der Waals surface area contributed by atoms with Gasteiger partial charge in [0.15, 0.2) is 0 Å². The number of fused-ring (bicyclic) bond motifs is 1. The van der Waals surface area contributed by atoms with Gasteiger partial charge < -0.3 is 5.73 Å². The topological polar surface area (TPSA) is 51.3 Å². The molecule has 0 fully saturated rings. The smallest absolute Gasteiger partial charge is 0.259 e. The van der Waals surface area contributed by atoms with Crippen LogP contribution in [0.25, 0.3) is 5.69 Å². The molecule has 0 amide bonds. The van der Waals surface area contributed by atoms with E-state index in [9.17, 15) is 4.79 Å². The quantitative estimate of drug-likeness (QED) is 0.942. The number of hydrogen-bond donors (Lipinski definition) is 1. The highest BCUT2D eigenvalue weighted by atomic mass is 16.1. The molecular weight excluding hydrogens is 274 g/mol. The van der Waals surface area contributed by atoms with Crippen LogP contribution in [-0.2, 0) is 19.5 Å². The molecule has 3 rings (SSSR count). The van der Waals surface area contributed by atoms with Gasteiger partial charge >= 0.3 is 0 Å². The minimum Gasteiger partial charge on any atom is -0.326 e. The molecule has 2 aromatic rings. The molecule has 1 aliphatic heterocycles. The number of nitrogens with two attached hydrogens (primary N) is 1. The van der Waals surface area contributed by atoms with Crippen LogP contribution in [0.1, 0.15) is 29.3 Å². The normalized spacial score (nSPS) is 14.9. The third kappa shape index (κ3) is 2.60. The third-order valence-electron chi connectivity index (χ3n) is 4.48. The molecule has 0 unspecified atom stereocenters. The molecular formula is C18H23N3O. The Kier molecular flexibility index (Phi) is 4.14. The van der Waals surface area contributed by atoms with Gasteiger partial charge in [0, 0.05) is 43.0 Å². The lowest BCUT2D eigenvalue weighted by atomic mass is 10.0. The van der Waals surface area contributed by atoms with Crippen LogP contribution in [0.15, 0.2) is 35.1 Å². The number of hydrogen-bond acceptors (Lipinski definition) is 3. The van der Waals surface area contributed by atoms with Crippen LogP contribution in [-0.4, -0.2) is 22.6 Å². The van der Waals surface area contributed by atoms with Gasteiger partial charge in [-0.05, 0) is 37.2 Å². The van der Waals surface area contributed by atoms with Crippen molar-refractivity contribution in [2.24, 2.45) is 5.73 Å². The van der Waals surface area contributed by atoms with Gasteiger partial charge in [0.25, 0.3) is 5.56 Å². The summed E-state index contributed by atoms with van der Waals surface area (Å²) in [5.41, 5.74) is 11.0. The van der Waals surface area contributed by atoms with E-state index in [4.69, 9.17) is 5.73 Å². The Morgan fingerprint density at radius 2 is 1.95 bits per heavy atom. The predicted octanol–water partition coefficient (Wildman–Crippen LogP) is 1.98. The van der Waals surface area contributed by atoms with E-state index < -0.39 is 0 Å². The molecule has 116 valence electrons. The zero-order chi connectivity index (χ0) is 15.7. The number of nitrogens with zero attached hydrogens (tertiary/aromatic N) is 2. The molecule has 22 heavy (non-hydrogen) atoms. The third-order valence-corrected chi connectivity index (χ3v) is 4.48. The maximum absolute atomic E-state index is 12.8. The fraction of sp³-hybridized carbons (Fsp3) is 0.389. The van der Waals surface area contributed by atoms with Crippen molar-refractivity contribution in [1.29, 1.82) is 0 Å². The number of likely N-dealkylation sites (N-methyl/N-ethyl adjacent to an activating group) is 1. The first kappa shape index (κ1) is 15.0. The highest BCUT2D eigenvalue weighted by Gasteiger charge is 2.21. The molecule has 1 aromatic heterocycles. The minimum absolute atomic E-state index is 0.0232. The molecule has 2 heterocycles. The monoisotopic (exact) mass is 297 g/mol. The van der Waals surface area contributed by atoms with Crippen LogP contribution in [0, 0.1) is 6.92 Å². The zero-order valence-corrected chi connectivity index (χ0v) is 13.3. The van der Waals surface area contributed by atoms with Crippen molar-refractivity contribution in [3.8, 4) is 5.69 Å². The summed E-state index contributed by atoms with van der Waals surface area (Å²) in [5.74, 6) is 0. The molecule has 4 nitrogen and oxygen atoms in total. The summed E-state index contributed by atoms with van der Waals surface area (Å²) in [7, 11) is 0. The number of pyridine rings is 1. The van der Waals surface area contributed by atoms with Crippen molar-refractivity contribution >= 4 is 0 Å². The maximum atomic E-state index is 12.8. The molecule has 4 heteroatoms. The van der Waals surface area contributed by atoms with Crippen LogP contribution in [0.4, 0.5) is 0 Å². The van der Waals surface area contributed by atoms with Crippen molar-refractivity contribution < 1.29 is 0 Å². The number of aryl methyl sites for hydroxylation is 1. The number of benzene rings is 1. The highest BCUT2D eigenvalue weighted by Crippen LogP contribution is 2.21. The number of rotatable bonds is 3. The molecule has 2 N–H and O–H groups in total. The van der Waals surface area contributed by atoms with Gasteiger partial charge in [0.05, 0.1) is 0 Å². The van der Waals surface area contributed by atoms with Gasteiger partial charge in [-0.15, -0.1) is 0 Å². The Morgan fingerprint density at radius 1 is 1.23 bits per heavy atom. The lowest BCUT2D eigenvalue weighted by molar-refractivity contribution is 0.264. The first-order valence-electron chi connectivity index (χ1n) is 7.90. The standard InChI is InChI=1S/C18H23N3O/c1-3-20-9-8-17-15(12-20)10-14(11-19)18(22)21(17)16-6-4-13(2)5-7-16/h4-7,10H,3,8-9,11-12,19H2,1-2H3. The van der Waals surface area contributed by atoms with Crippen molar-refractivity contribution in [2.75, 3.05) is 13.1 Å². The lowest BCUT2D eigenvalue weighted by Gasteiger charge is -2.30. The summed E-state index contributed by atoms with van der Waals surface area (Å²) in [6.45, 7) is 7.43. The van der Waals surface area contributed by atoms with E-state index in [0.29, 0.717) is 5.56 Å². The van der Waals surface area contributed by atoms with Crippen molar-refractivity contribution in [3.05, 3.63) is 63.1 Å². The van der Waals surface area contributed by atoms with E-state index in [0.717, 1.165) is 37.4 Å². The first-order chi connectivity index (χ1) is 10.6.